The molecule has 70 valence electrons. The van der Waals surface area contributed by atoms with Crippen LogP contribution in [0.25, 0.3) is 0 Å². The van der Waals surface area contributed by atoms with Gasteiger partial charge < -0.3 is 0 Å². The summed E-state index contributed by atoms with van der Waals surface area (Å²) in [6, 6.07) is 0. The van der Waals surface area contributed by atoms with E-state index in [9.17, 15) is 4.21 Å². The first-order chi connectivity index (χ1) is 5.88. The number of rotatable bonds is 2. The Kier molecular flexibility index (Phi) is 3.36. The Morgan fingerprint density at radius 3 is 1.92 bits per heavy atom. The summed E-state index contributed by atoms with van der Waals surface area (Å²) >= 11 is 3.55. The van der Waals surface area contributed by atoms with Crippen LogP contribution in [0.5, 0.6) is 0 Å². The van der Waals surface area contributed by atoms with Gasteiger partial charge in [-0.15, -0.1) is 23.5 Å². The van der Waals surface area contributed by atoms with E-state index in [2.05, 4.69) is 10.6 Å². The van der Waals surface area contributed by atoms with Crippen LogP contribution in [0.2, 0.25) is 0 Å². The molecule has 2 atom stereocenters. The van der Waals surface area contributed by atoms with Crippen LogP contribution < -0.4 is 10.6 Å². The quantitative estimate of drug-likeness (QED) is 0.690. The Balaban J connectivity index is 1.89. The molecule has 0 aliphatic carbocycles. The van der Waals surface area contributed by atoms with Crippen LogP contribution in [0.4, 0.5) is 0 Å². The zero-order valence-corrected chi connectivity index (χ0v) is 9.07. The molecule has 2 fully saturated rings. The van der Waals surface area contributed by atoms with Gasteiger partial charge in [0.25, 0.3) is 0 Å². The maximum atomic E-state index is 11.8. The fourth-order valence-corrected chi connectivity index (χ4v) is 5.90. The second-order valence-corrected chi connectivity index (χ2v) is 7.26. The monoisotopic (exact) mass is 224 g/mol. The van der Waals surface area contributed by atoms with E-state index < -0.39 is 10.8 Å². The van der Waals surface area contributed by atoms with E-state index in [1.807, 2.05) is 0 Å². The smallest absolute Gasteiger partial charge is 0.133 e. The zero-order chi connectivity index (χ0) is 8.39. The lowest BCUT2D eigenvalue weighted by Crippen LogP contribution is -2.35. The highest BCUT2D eigenvalue weighted by Crippen LogP contribution is 2.25. The van der Waals surface area contributed by atoms with Crippen molar-refractivity contribution in [3.8, 4) is 0 Å². The highest BCUT2D eigenvalue weighted by Gasteiger charge is 2.30. The lowest BCUT2D eigenvalue weighted by Gasteiger charge is -2.14. The molecule has 2 heterocycles. The van der Waals surface area contributed by atoms with Gasteiger partial charge in [-0.05, 0) is 0 Å². The highest BCUT2D eigenvalue weighted by atomic mass is 32.3. The average molecular weight is 224 g/mol. The third-order valence-electron chi connectivity index (χ3n) is 1.79. The normalized spacial score (nSPS) is 38.7. The molecule has 6 heteroatoms. The van der Waals surface area contributed by atoms with Gasteiger partial charge in [0.2, 0.25) is 0 Å². The molecule has 0 amide bonds. The van der Waals surface area contributed by atoms with E-state index in [-0.39, 0.29) is 9.41 Å². The van der Waals surface area contributed by atoms with Crippen molar-refractivity contribution in [1.29, 1.82) is 0 Å². The summed E-state index contributed by atoms with van der Waals surface area (Å²) in [5.41, 5.74) is 0. The summed E-state index contributed by atoms with van der Waals surface area (Å²) in [6.45, 7) is 2.00. The predicted molar refractivity (Wildman–Crippen MR) is 56.6 cm³/mol. The molecule has 2 saturated heterocycles. The topological polar surface area (TPSA) is 41.1 Å². The first-order valence-electron chi connectivity index (χ1n) is 3.97. The Morgan fingerprint density at radius 1 is 1.08 bits per heavy atom. The fourth-order valence-electron chi connectivity index (χ4n) is 1.21. The van der Waals surface area contributed by atoms with E-state index in [0.29, 0.717) is 0 Å². The minimum absolute atomic E-state index is 0.160. The largest absolute Gasteiger partial charge is 0.294 e. The van der Waals surface area contributed by atoms with Gasteiger partial charge in [-0.25, -0.2) is 0 Å². The molecule has 2 unspecified atom stereocenters. The molecular formula is C6H12N2OS3. The van der Waals surface area contributed by atoms with Gasteiger partial charge in [0.05, 0.1) is 10.8 Å². The van der Waals surface area contributed by atoms with Crippen LogP contribution in [0.3, 0.4) is 0 Å². The van der Waals surface area contributed by atoms with Crippen LogP contribution in [0, 0.1) is 0 Å². The van der Waals surface area contributed by atoms with Crippen LogP contribution >= 0.6 is 23.5 Å². The first kappa shape index (κ1) is 9.33. The average Bonchev–Trinajstić information content (AvgIpc) is 2.77. The molecule has 0 spiro atoms. The number of hydrogen-bond donors (Lipinski definition) is 2. The van der Waals surface area contributed by atoms with Crippen molar-refractivity contribution in [2.24, 2.45) is 0 Å². The Labute approximate surface area is 83.3 Å². The molecule has 0 radical (unpaired) electrons. The second kappa shape index (κ2) is 4.32. The Morgan fingerprint density at radius 2 is 1.58 bits per heavy atom. The fraction of sp³-hybridized carbons (Fsp3) is 1.00. The lowest BCUT2D eigenvalue weighted by molar-refractivity contribution is 0.664. The summed E-state index contributed by atoms with van der Waals surface area (Å²) < 4.78 is 12.1. The van der Waals surface area contributed by atoms with E-state index in [1.165, 1.54) is 0 Å². The molecule has 2 aliphatic heterocycles. The molecule has 2 rings (SSSR count). The molecule has 0 aromatic carbocycles. The predicted octanol–water partition coefficient (Wildman–Crippen LogP) is -0.0249. The third kappa shape index (κ3) is 1.98. The van der Waals surface area contributed by atoms with Crippen molar-refractivity contribution in [1.82, 2.24) is 10.6 Å². The van der Waals surface area contributed by atoms with Crippen molar-refractivity contribution < 1.29 is 4.21 Å². The maximum Gasteiger partial charge on any atom is 0.133 e. The van der Waals surface area contributed by atoms with Crippen molar-refractivity contribution in [3.05, 3.63) is 0 Å². The van der Waals surface area contributed by atoms with Gasteiger partial charge in [0, 0.05) is 24.6 Å². The van der Waals surface area contributed by atoms with Crippen molar-refractivity contribution >= 4 is 34.3 Å². The standard InChI is InChI=1S/C6H12N2OS3/c9-12(5-7-1-3-10-5)6-8-2-4-11-6/h5-8H,1-4H2. The van der Waals surface area contributed by atoms with E-state index in [0.717, 1.165) is 24.6 Å². The van der Waals surface area contributed by atoms with Gasteiger partial charge in [0.1, 0.15) is 9.41 Å². The minimum atomic E-state index is -0.767. The molecular weight excluding hydrogens is 212 g/mol. The zero-order valence-electron chi connectivity index (χ0n) is 6.62. The molecule has 0 aromatic heterocycles. The third-order valence-corrected chi connectivity index (χ3v) is 6.74. The summed E-state index contributed by atoms with van der Waals surface area (Å²) in [5.74, 6) is 2.18. The van der Waals surface area contributed by atoms with Gasteiger partial charge in [-0.2, -0.15) is 0 Å². The van der Waals surface area contributed by atoms with Gasteiger partial charge in [-0.3, -0.25) is 14.8 Å². The summed E-state index contributed by atoms with van der Waals surface area (Å²) in [4.78, 5) is 0. The van der Waals surface area contributed by atoms with Crippen LogP contribution in [0.15, 0.2) is 0 Å². The molecule has 2 aliphatic rings. The van der Waals surface area contributed by atoms with E-state index in [4.69, 9.17) is 0 Å². The van der Waals surface area contributed by atoms with Gasteiger partial charge in [0.15, 0.2) is 0 Å². The molecule has 0 aromatic rings. The number of hydrogen-bond acceptors (Lipinski definition) is 5. The minimum Gasteiger partial charge on any atom is -0.294 e. The maximum absolute atomic E-state index is 11.8. The molecule has 2 N–H and O–H groups in total. The van der Waals surface area contributed by atoms with Crippen LogP contribution in [-0.2, 0) is 10.8 Å². The molecule has 0 saturated carbocycles. The van der Waals surface area contributed by atoms with Gasteiger partial charge >= 0.3 is 0 Å². The van der Waals surface area contributed by atoms with Crippen molar-refractivity contribution in [2.45, 2.75) is 9.41 Å². The van der Waals surface area contributed by atoms with Gasteiger partial charge in [-0.1, -0.05) is 0 Å². The molecule has 12 heavy (non-hydrogen) atoms. The summed E-state index contributed by atoms with van der Waals surface area (Å²) in [7, 11) is -0.767. The van der Waals surface area contributed by atoms with Crippen molar-refractivity contribution in [2.75, 3.05) is 24.6 Å². The first-order valence-corrected chi connectivity index (χ1v) is 7.34. The summed E-state index contributed by atoms with van der Waals surface area (Å²) in [6.07, 6.45) is 0. The SMILES string of the molecule is O=S(C1NCCS1)C1NCCS1. The lowest BCUT2D eigenvalue weighted by atomic mass is 10.8. The van der Waals surface area contributed by atoms with E-state index in [1.54, 1.807) is 23.5 Å². The molecule has 3 nitrogen and oxygen atoms in total. The Hall–Kier alpha value is 0.770. The Bertz CT molecular complexity index is 160. The summed E-state index contributed by atoms with van der Waals surface area (Å²) in [5, 5.41) is 6.49. The number of thioether (sulfide) groups is 2. The van der Waals surface area contributed by atoms with E-state index >= 15 is 0 Å². The molecule has 0 bridgehead atoms. The highest BCUT2D eigenvalue weighted by molar-refractivity contribution is 8.18. The second-order valence-electron chi connectivity index (χ2n) is 2.64. The van der Waals surface area contributed by atoms with Crippen LogP contribution in [0.1, 0.15) is 0 Å². The van der Waals surface area contributed by atoms with Crippen LogP contribution in [-0.4, -0.2) is 38.2 Å². The van der Waals surface area contributed by atoms with Crippen molar-refractivity contribution in [3.63, 3.8) is 0 Å². The number of nitrogens with one attached hydrogen (secondary N) is 2.